The molecule has 0 spiro atoms. The Balaban J connectivity index is 0.959. The Morgan fingerprint density at radius 3 is 1.75 bits per heavy atom. The quantitative estimate of drug-likeness (QED) is 0.170. The zero-order valence-electron chi connectivity index (χ0n) is 30.8. The van der Waals surface area contributed by atoms with Gasteiger partial charge >= 0.3 is 0 Å². The fourth-order valence-corrected chi connectivity index (χ4v) is 10.9. The third-order valence-corrected chi connectivity index (χ3v) is 13.4. The summed E-state index contributed by atoms with van der Waals surface area (Å²) >= 11 is 1.88. The highest BCUT2D eigenvalue weighted by molar-refractivity contribution is 7.26. The molecular weight excluding hydrogens is 709 g/mol. The Labute approximate surface area is 332 Å². The van der Waals surface area contributed by atoms with Crippen LogP contribution in [0.3, 0.4) is 0 Å². The van der Waals surface area contributed by atoms with Crippen molar-refractivity contribution >= 4 is 91.4 Å². The lowest BCUT2D eigenvalue weighted by atomic mass is 9.94. The van der Waals surface area contributed by atoms with Gasteiger partial charge in [-0.3, -0.25) is 0 Å². The van der Waals surface area contributed by atoms with Crippen LogP contribution >= 0.6 is 11.3 Å². The van der Waals surface area contributed by atoms with Gasteiger partial charge in [-0.2, -0.15) is 0 Å². The first-order valence-electron chi connectivity index (χ1n) is 19.6. The second-order valence-electron chi connectivity index (χ2n) is 15.3. The number of hydrogen-bond acceptors (Lipinski definition) is 1. The van der Waals surface area contributed by atoms with Crippen LogP contribution in [0.5, 0.6) is 0 Å². The standard InChI is InChI=1S/C54H32N2S/c1-2-11-33(12-3-1)37-30-45(53-44-15-6-9-20-51(44)57-52(53)32-37)34-21-25-38(26-22-34)55-47-18-7-5-14-40(47)46-29-35(24-28-49(46)55)36-23-27-41-43-17-10-16-42-39-13-4-8-19-48(39)56(54(42)43)50(41)31-36/h1-32H. The van der Waals surface area contributed by atoms with Crippen LogP contribution in [-0.4, -0.2) is 8.97 Å². The summed E-state index contributed by atoms with van der Waals surface area (Å²) < 4.78 is 7.53. The van der Waals surface area contributed by atoms with Crippen molar-refractivity contribution in [3.63, 3.8) is 0 Å². The summed E-state index contributed by atoms with van der Waals surface area (Å²) in [6, 6.07) is 71.9. The fraction of sp³-hybridized carbons (Fsp3) is 0. The van der Waals surface area contributed by atoms with Gasteiger partial charge in [0.2, 0.25) is 0 Å². The number of para-hydroxylation sites is 3. The molecule has 0 fully saturated rings. The fourth-order valence-electron chi connectivity index (χ4n) is 9.71. The predicted molar refractivity (Wildman–Crippen MR) is 245 cm³/mol. The van der Waals surface area contributed by atoms with Gasteiger partial charge in [0.25, 0.3) is 0 Å². The molecule has 2 nitrogen and oxygen atoms in total. The number of rotatable bonds is 4. The number of nitrogens with zero attached hydrogens (tertiary/aromatic N) is 2. The van der Waals surface area contributed by atoms with Crippen LogP contribution < -0.4 is 0 Å². The summed E-state index contributed by atoms with van der Waals surface area (Å²) in [5.41, 5.74) is 14.8. The molecule has 0 amide bonds. The van der Waals surface area contributed by atoms with Crippen LogP contribution in [0, 0.1) is 0 Å². The van der Waals surface area contributed by atoms with Crippen molar-refractivity contribution in [2.75, 3.05) is 0 Å². The smallest absolute Gasteiger partial charge is 0.0620 e. The monoisotopic (exact) mass is 740 g/mol. The minimum Gasteiger partial charge on any atom is -0.309 e. The molecule has 0 aliphatic heterocycles. The SMILES string of the molecule is c1ccc(-c2cc(-c3ccc(-n4c5ccccc5c5cc(-c6ccc7c8cccc9c%10ccccc%10n(c7c6)c98)ccc54)cc3)c3c(c2)sc2ccccc23)cc1. The van der Waals surface area contributed by atoms with E-state index in [1.165, 1.54) is 113 Å². The molecule has 3 heteroatoms. The third-order valence-electron chi connectivity index (χ3n) is 12.3. The minimum atomic E-state index is 1.15. The van der Waals surface area contributed by atoms with Crippen LogP contribution in [0.25, 0.3) is 119 Å². The average Bonchev–Trinajstić information content (AvgIpc) is 4.02. The van der Waals surface area contributed by atoms with E-state index in [4.69, 9.17) is 0 Å². The summed E-state index contributed by atoms with van der Waals surface area (Å²) in [4.78, 5) is 0. The topological polar surface area (TPSA) is 9.34 Å². The van der Waals surface area contributed by atoms with Crippen LogP contribution in [-0.2, 0) is 0 Å². The van der Waals surface area contributed by atoms with Crippen molar-refractivity contribution in [2.24, 2.45) is 0 Å². The maximum atomic E-state index is 2.47. The summed E-state index contributed by atoms with van der Waals surface area (Å²) in [5, 5.41) is 10.4. The van der Waals surface area contributed by atoms with Crippen LogP contribution in [0.1, 0.15) is 0 Å². The minimum absolute atomic E-state index is 1.15. The van der Waals surface area contributed by atoms with Crippen molar-refractivity contribution < 1.29 is 0 Å². The van der Waals surface area contributed by atoms with Gasteiger partial charge in [-0.15, -0.1) is 11.3 Å². The van der Waals surface area contributed by atoms with Gasteiger partial charge in [-0.05, 0) is 94.0 Å². The molecule has 0 saturated carbocycles. The van der Waals surface area contributed by atoms with E-state index in [-0.39, 0.29) is 0 Å². The second-order valence-corrected chi connectivity index (χ2v) is 16.4. The summed E-state index contributed by atoms with van der Waals surface area (Å²) in [7, 11) is 0. The molecule has 0 aliphatic carbocycles. The zero-order valence-corrected chi connectivity index (χ0v) is 31.6. The molecule has 264 valence electrons. The molecule has 0 radical (unpaired) electrons. The van der Waals surface area contributed by atoms with E-state index < -0.39 is 0 Å². The third kappa shape index (κ3) is 4.40. The van der Waals surface area contributed by atoms with E-state index in [0.29, 0.717) is 0 Å². The van der Waals surface area contributed by atoms with Crippen LogP contribution in [0.15, 0.2) is 194 Å². The lowest BCUT2D eigenvalue weighted by Gasteiger charge is -2.12. The molecule has 57 heavy (non-hydrogen) atoms. The largest absolute Gasteiger partial charge is 0.309 e. The molecule has 0 bridgehead atoms. The van der Waals surface area contributed by atoms with Gasteiger partial charge in [0, 0.05) is 58.2 Å². The maximum absolute atomic E-state index is 2.47. The van der Waals surface area contributed by atoms with Gasteiger partial charge < -0.3 is 8.97 Å². The van der Waals surface area contributed by atoms with Gasteiger partial charge in [-0.25, -0.2) is 0 Å². The number of benzene rings is 9. The van der Waals surface area contributed by atoms with Gasteiger partial charge in [-0.1, -0.05) is 133 Å². The first kappa shape index (κ1) is 31.1. The molecule has 13 aromatic rings. The van der Waals surface area contributed by atoms with E-state index in [9.17, 15) is 0 Å². The molecule has 13 rings (SSSR count). The number of aromatic nitrogens is 2. The van der Waals surface area contributed by atoms with E-state index >= 15 is 0 Å². The van der Waals surface area contributed by atoms with E-state index in [1.807, 2.05) is 11.3 Å². The summed E-state index contributed by atoms with van der Waals surface area (Å²) in [6.45, 7) is 0. The predicted octanol–water partition coefficient (Wildman–Crippen LogP) is 15.3. The lowest BCUT2D eigenvalue weighted by Crippen LogP contribution is -1.94. The highest BCUT2D eigenvalue weighted by Gasteiger charge is 2.19. The normalized spacial score (nSPS) is 12.2. The van der Waals surface area contributed by atoms with E-state index in [0.717, 1.165) is 5.69 Å². The zero-order chi connectivity index (χ0) is 37.2. The van der Waals surface area contributed by atoms with Crippen molar-refractivity contribution in [2.45, 2.75) is 0 Å². The number of fused-ring (bicyclic) bond motifs is 12. The first-order valence-corrected chi connectivity index (χ1v) is 20.4. The second kappa shape index (κ2) is 11.7. The molecule has 4 heterocycles. The molecular formula is C54H32N2S. The Hall–Kier alpha value is -7.20. The molecule has 0 saturated heterocycles. The average molecular weight is 741 g/mol. The number of hydrogen-bond donors (Lipinski definition) is 0. The van der Waals surface area contributed by atoms with Crippen molar-refractivity contribution in [1.82, 2.24) is 8.97 Å². The molecule has 0 aliphatic rings. The van der Waals surface area contributed by atoms with Gasteiger partial charge in [0.15, 0.2) is 0 Å². The van der Waals surface area contributed by atoms with Crippen LogP contribution in [0.2, 0.25) is 0 Å². The highest BCUT2D eigenvalue weighted by Crippen LogP contribution is 2.44. The Morgan fingerprint density at radius 1 is 0.316 bits per heavy atom. The van der Waals surface area contributed by atoms with E-state index in [1.54, 1.807) is 0 Å². The molecule has 0 N–H and O–H groups in total. The lowest BCUT2D eigenvalue weighted by molar-refractivity contribution is 1.18. The van der Waals surface area contributed by atoms with Gasteiger partial charge in [0.1, 0.15) is 0 Å². The van der Waals surface area contributed by atoms with Crippen molar-refractivity contribution in [3.05, 3.63) is 194 Å². The highest BCUT2D eigenvalue weighted by atomic mass is 32.1. The van der Waals surface area contributed by atoms with Gasteiger partial charge in [0.05, 0.1) is 27.6 Å². The molecule has 9 aromatic carbocycles. The Morgan fingerprint density at radius 2 is 0.930 bits per heavy atom. The first-order chi connectivity index (χ1) is 28.3. The summed E-state index contributed by atoms with van der Waals surface area (Å²) in [5.74, 6) is 0. The van der Waals surface area contributed by atoms with Crippen molar-refractivity contribution in [1.29, 1.82) is 0 Å². The Bertz CT molecular complexity index is 3730. The molecule has 4 aromatic heterocycles. The Kier molecular flexibility index (Phi) is 6.35. The molecule has 0 unspecified atom stereocenters. The van der Waals surface area contributed by atoms with E-state index in [2.05, 4.69) is 203 Å². The van der Waals surface area contributed by atoms with Crippen LogP contribution in [0.4, 0.5) is 0 Å². The maximum Gasteiger partial charge on any atom is 0.0620 e. The van der Waals surface area contributed by atoms with Crippen molar-refractivity contribution in [3.8, 4) is 39.1 Å². The number of thiophene rings is 1. The summed E-state index contributed by atoms with van der Waals surface area (Å²) in [6.07, 6.45) is 0. The molecule has 0 atom stereocenters.